The van der Waals surface area contributed by atoms with Gasteiger partial charge in [-0.2, -0.15) is 0 Å². The molecule has 0 bridgehead atoms. The maximum absolute atomic E-state index is 11.6. The van der Waals surface area contributed by atoms with E-state index in [-0.39, 0.29) is 23.4 Å². The van der Waals surface area contributed by atoms with Gasteiger partial charge in [0.2, 0.25) is 11.7 Å². The molecule has 0 spiro atoms. The Morgan fingerprint density at radius 2 is 1.86 bits per heavy atom. The van der Waals surface area contributed by atoms with Crippen LogP contribution in [0.2, 0.25) is 0 Å². The Kier molecular flexibility index (Phi) is 6.07. The quantitative estimate of drug-likeness (QED) is 0.719. The summed E-state index contributed by atoms with van der Waals surface area (Å²) in [6, 6.07) is 5.82. The van der Waals surface area contributed by atoms with Gasteiger partial charge in [0.1, 0.15) is 0 Å². The highest BCUT2D eigenvalue weighted by Crippen LogP contribution is 2.32. The minimum Gasteiger partial charge on any atom is -0.493 e. The molecule has 1 saturated heterocycles. The molecule has 0 radical (unpaired) electrons. The van der Waals surface area contributed by atoms with Gasteiger partial charge < -0.3 is 20.1 Å². The molecular formula is C20H31N6O3+. The number of methoxy groups -OCH3 is 2. The fourth-order valence-corrected chi connectivity index (χ4v) is 4.01. The van der Waals surface area contributed by atoms with E-state index >= 15 is 0 Å². The Hall–Kier alpha value is -2.68. The van der Waals surface area contributed by atoms with Gasteiger partial charge in [-0.25, -0.2) is 4.68 Å². The van der Waals surface area contributed by atoms with Crippen LogP contribution in [0, 0.1) is 5.92 Å². The van der Waals surface area contributed by atoms with Crippen LogP contribution in [0.25, 0.3) is 0 Å². The number of likely N-dealkylation sites (tertiary alicyclic amines) is 1. The van der Waals surface area contributed by atoms with Gasteiger partial charge in [-0.15, -0.1) is 5.10 Å². The number of benzene rings is 1. The summed E-state index contributed by atoms with van der Waals surface area (Å²) in [6.07, 6.45) is 1.51. The molecule has 1 aromatic carbocycles. The number of carbonyl (C=O) groups excluding carboxylic acids is 1. The molecule has 9 heteroatoms. The number of tetrazole rings is 1. The molecule has 1 aliphatic heterocycles. The molecule has 1 aromatic heterocycles. The number of nitrogens with zero attached hydrogens (tertiary/aromatic N) is 4. The van der Waals surface area contributed by atoms with E-state index in [0.29, 0.717) is 11.5 Å². The summed E-state index contributed by atoms with van der Waals surface area (Å²) in [6.45, 7) is 7.85. The van der Waals surface area contributed by atoms with Crippen LogP contribution in [0.3, 0.4) is 0 Å². The lowest BCUT2D eigenvalue weighted by molar-refractivity contribution is -0.931. The standard InChI is InChI=1S/C20H30N6O3/c1-20(2,3)26-19(22-23-24-26)17(25-10-8-13(9-11-25)18(21)27)14-6-7-15(28-4)16(12-14)29-5/h6-7,12-13,17H,8-11H2,1-5H3,(H2,21,27)/p+1/t17-/m1/s1. The van der Waals surface area contributed by atoms with Crippen molar-refractivity contribution >= 4 is 5.91 Å². The summed E-state index contributed by atoms with van der Waals surface area (Å²) in [4.78, 5) is 12.9. The van der Waals surface area contributed by atoms with Crippen molar-refractivity contribution in [2.24, 2.45) is 11.7 Å². The first-order chi connectivity index (χ1) is 13.8. The minimum absolute atomic E-state index is 0.0663. The van der Waals surface area contributed by atoms with E-state index in [1.165, 1.54) is 4.90 Å². The van der Waals surface area contributed by atoms with Gasteiger partial charge in [0, 0.05) is 24.3 Å². The largest absolute Gasteiger partial charge is 0.493 e. The molecule has 158 valence electrons. The number of hydrogen-bond donors (Lipinski definition) is 2. The van der Waals surface area contributed by atoms with E-state index in [1.54, 1.807) is 14.2 Å². The fourth-order valence-electron chi connectivity index (χ4n) is 4.01. The molecular weight excluding hydrogens is 372 g/mol. The number of carbonyl (C=O) groups is 1. The maximum Gasteiger partial charge on any atom is 0.220 e. The second-order valence-electron chi connectivity index (χ2n) is 8.50. The van der Waals surface area contributed by atoms with E-state index < -0.39 is 0 Å². The van der Waals surface area contributed by atoms with Crippen molar-refractivity contribution in [2.45, 2.75) is 45.2 Å². The normalized spacial score (nSPS) is 20.9. The van der Waals surface area contributed by atoms with Crippen LogP contribution in [0.1, 0.15) is 51.0 Å². The zero-order valence-electron chi connectivity index (χ0n) is 17.8. The average Bonchev–Trinajstić information content (AvgIpc) is 3.18. The SMILES string of the molecule is COc1ccc([C@H](c2nnnn2C(C)(C)C)[NH+]2CCC(C(N)=O)CC2)cc1OC. The Balaban J connectivity index is 2.04. The number of nitrogens with two attached hydrogens (primary N) is 1. The highest BCUT2D eigenvalue weighted by Gasteiger charge is 2.38. The van der Waals surface area contributed by atoms with Crippen LogP contribution in [0.5, 0.6) is 11.5 Å². The second-order valence-corrected chi connectivity index (χ2v) is 8.50. The molecule has 0 unspecified atom stereocenters. The maximum atomic E-state index is 11.6. The van der Waals surface area contributed by atoms with Crippen molar-refractivity contribution in [1.29, 1.82) is 0 Å². The van der Waals surface area contributed by atoms with Crippen LogP contribution >= 0.6 is 0 Å². The van der Waals surface area contributed by atoms with E-state index in [2.05, 4.69) is 36.3 Å². The number of nitrogens with one attached hydrogen (secondary N) is 1. The van der Waals surface area contributed by atoms with Crippen molar-refractivity contribution in [2.75, 3.05) is 27.3 Å². The van der Waals surface area contributed by atoms with Crippen LogP contribution in [-0.4, -0.2) is 53.4 Å². The number of aromatic nitrogens is 4. The van der Waals surface area contributed by atoms with E-state index in [0.717, 1.165) is 37.3 Å². The molecule has 1 aliphatic rings. The monoisotopic (exact) mass is 403 g/mol. The molecule has 3 rings (SSSR count). The third-order valence-electron chi connectivity index (χ3n) is 5.57. The molecule has 1 amide bonds. The second kappa shape index (κ2) is 8.36. The predicted molar refractivity (Wildman–Crippen MR) is 107 cm³/mol. The smallest absolute Gasteiger partial charge is 0.220 e. The first kappa shape index (κ1) is 21.0. The first-order valence-corrected chi connectivity index (χ1v) is 9.90. The zero-order chi connectivity index (χ0) is 21.2. The topological polar surface area (TPSA) is 110 Å². The molecule has 9 nitrogen and oxygen atoms in total. The van der Waals surface area contributed by atoms with Gasteiger partial charge in [0.15, 0.2) is 17.5 Å². The van der Waals surface area contributed by atoms with Gasteiger partial charge >= 0.3 is 0 Å². The first-order valence-electron chi connectivity index (χ1n) is 9.90. The number of hydrogen-bond acceptors (Lipinski definition) is 6. The summed E-state index contributed by atoms with van der Waals surface area (Å²) >= 11 is 0. The lowest BCUT2D eigenvalue weighted by Crippen LogP contribution is -3.13. The van der Waals surface area contributed by atoms with Crippen molar-refractivity contribution in [1.82, 2.24) is 20.2 Å². The lowest BCUT2D eigenvalue weighted by atomic mass is 9.93. The number of ether oxygens (including phenoxy) is 2. The number of quaternary nitrogens is 1. The van der Waals surface area contributed by atoms with Crippen LogP contribution < -0.4 is 20.1 Å². The van der Waals surface area contributed by atoms with Crippen LogP contribution in [0.15, 0.2) is 18.2 Å². The van der Waals surface area contributed by atoms with Crippen molar-refractivity contribution in [3.05, 3.63) is 29.6 Å². The van der Waals surface area contributed by atoms with E-state index in [9.17, 15) is 4.79 Å². The van der Waals surface area contributed by atoms with E-state index in [1.807, 2.05) is 22.9 Å². The highest BCUT2D eigenvalue weighted by atomic mass is 16.5. The summed E-state index contributed by atoms with van der Waals surface area (Å²) in [7, 11) is 3.25. The molecule has 0 aliphatic carbocycles. The molecule has 0 saturated carbocycles. The Morgan fingerprint density at radius 3 is 2.41 bits per heavy atom. The summed E-state index contributed by atoms with van der Waals surface area (Å²) in [5, 5.41) is 12.6. The zero-order valence-corrected chi connectivity index (χ0v) is 17.8. The average molecular weight is 404 g/mol. The van der Waals surface area contributed by atoms with Gasteiger partial charge in [-0.3, -0.25) is 4.79 Å². The third-order valence-corrected chi connectivity index (χ3v) is 5.57. The Morgan fingerprint density at radius 1 is 1.21 bits per heavy atom. The summed E-state index contributed by atoms with van der Waals surface area (Å²) < 4.78 is 12.8. The number of amides is 1. The molecule has 1 fully saturated rings. The predicted octanol–water partition coefficient (Wildman–Crippen LogP) is 0.315. The van der Waals surface area contributed by atoms with Gasteiger partial charge in [0.05, 0.1) is 32.8 Å². The van der Waals surface area contributed by atoms with Crippen LogP contribution in [-0.2, 0) is 10.3 Å². The molecule has 3 N–H and O–H groups in total. The van der Waals surface area contributed by atoms with Crippen molar-refractivity contribution in [3.63, 3.8) is 0 Å². The molecule has 2 aromatic rings. The van der Waals surface area contributed by atoms with Crippen molar-refractivity contribution in [3.8, 4) is 11.5 Å². The lowest BCUT2D eigenvalue weighted by Gasteiger charge is -2.34. The highest BCUT2D eigenvalue weighted by molar-refractivity contribution is 5.76. The third kappa shape index (κ3) is 4.34. The minimum atomic E-state index is -0.265. The Bertz CT molecular complexity index is 852. The molecule has 2 heterocycles. The van der Waals surface area contributed by atoms with E-state index in [4.69, 9.17) is 15.2 Å². The summed E-state index contributed by atoms with van der Waals surface area (Å²) in [5.41, 5.74) is 6.30. The van der Waals surface area contributed by atoms with Gasteiger partial charge in [0.25, 0.3) is 0 Å². The van der Waals surface area contributed by atoms with Crippen molar-refractivity contribution < 1.29 is 19.2 Å². The summed E-state index contributed by atoms with van der Waals surface area (Å²) in [5.74, 6) is 1.84. The number of primary amides is 1. The van der Waals surface area contributed by atoms with Gasteiger partial charge in [-0.05, 0) is 49.4 Å². The number of piperidine rings is 1. The number of rotatable bonds is 6. The molecule has 1 atom stereocenters. The molecule has 29 heavy (non-hydrogen) atoms. The van der Waals surface area contributed by atoms with Gasteiger partial charge in [-0.1, -0.05) is 0 Å². The fraction of sp³-hybridized carbons (Fsp3) is 0.600. The van der Waals surface area contributed by atoms with Crippen LogP contribution in [0.4, 0.5) is 0 Å². The Labute approximate surface area is 171 Å².